The molecule has 1 amide bonds. The number of benzene rings is 1. The van der Waals surface area contributed by atoms with Crippen molar-refractivity contribution in [3.8, 4) is 0 Å². The lowest BCUT2D eigenvalue weighted by atomic mass is 9.97. The first-order valence-corrected chi connectivity index (χ1v) is 9.98. The summed E-state index contributed by atoms with van der Waals surface area (Å²) in [6, 6.07) is 8.58. The van der Waals surface area contributed by atoms with Gasteiger partial charge in [-0.05, 0) is 55.2 Å². The van der Waals surface area contributed by atoms with Gasteiger partial charge in [0.1, 0.15) is 5.82 Å². The van der Waals surface area contributed by atoms with Crippen molar-refractivity contribution in [1.29, 1.82) is 0 Å². The van der Waals surface area contributed by atoms with Crippen LogP contribution in [0.25, 0.3) is 10.2 Å². The Morgan fingerprint density at radius 1 is 1.30 bits per heavy atom. The second-order valence-electron chi connectivity index (χ2n) is 6.79. The number of carbonyl (C=O) groups is 1. The first kappa shape index (κ1) is 17.9. The molecular formula is C20H21FN4OS. The van der Waals surface area contributed by atoms with Gasteiger partial charge >= 0.3 is 0 Å². The second kappa shape index (κ2) is 8.00. The van der Waals surface area contributed by atoms with E-state index in [1.54, 1.807) is 18.5 Å². The van der Waals surface area contributed by atoms with Crippen molar-refractivity contribution in [2.75, 3.05) is 24.5 Å². The van der Waals surface area contributed by atoms with E-state index in [4.69, 9.17) is 0 Å². The van der Waals surface area contributed by atoms with Crippen LogP contribution in [0.1, 0.15) is 18.4 Å². The fourth-order valence-corrected chi connectivity index (χ4v) is 4.44. The minimum atomic E-state index is -0.247. The van der Waals surface area contributed by atoms with Gasteiger partial charge in [0.15, 0.2) is 5.13 Å². The van der Waals surface area contributed by atoms with Gasteiger partial charge in [-0.1, -0.05) is 11.3 Å². The molecule has 1 aliphatic heterocycles. The Hall–Kier alpha value is -2.54. The number of nitrogens with zero attached hydrogens (tertiary/aromatic N) is 3. The zero-order valence-electron chi connectivity index (χ0n) is 14.9. The van der Waals surface area contributed by atoms with Crippen molar-refractivity contribution in [3.63, 3.8) is 0 Å². The summed E-state index contributed by atoms with van der Waals surface area (Å²) in [5.41, 5.74) is 1.97. The molecule has 1 atom stereocenters. The van der Waals surface area contributed by atoms with Crippen LogP contribution in [0, 0.1) is 11.7 Å². The van der Waals surface area contributed by atoms with Gasteiger partial charge in [-0.3, -0.25) is 9.78 Å². The molecule has 140 valence electrons. The fourth-order valence-electron chi connectivity index (χ4n) is 3.41. The van der Waals surface area contributed by atoms with Crippen molar-refractivity contribution in [2.45, 2.75) is 19.3 Å². The van der Waals surface area contributed by atoms with Crippen LogP contribution in [-0.2, 0) is 11.2 Å². The van der Waals surface area contributed by atoms with Crippen molar-refractivity contribution in [1.82, 2.24) is 15.3 Å². The summed E-state index contributed by atoms with van der Waals surface area (Å²) >= 11 is 1.48. The number of thiazole rings is 1. The normalized spacial score (nSPS) is 17.2. The zero-order valence-corrected chi connectivity index (χ0v) is 15.7. The molecular weight excluding hydrogens is 363 g/mol. The van der Waals surface area contributed by atoms with Gasteiger partial charge < -0.3 is 10.2 Å². The number of hydrogen-bond donors (Lipinski definition) is 1. The summed E-state index contributed by atoms with van der Waals surface area (Å²) in [6.07, 6.45) is 6.16. The van der Waals surface area contributed by atoms with Gasteiger partial charge in [0.2, 0.25) is 5.91 Å². The molecule has 3 aromatic rings. The molecule has 0 spiro atoms. The molecule has 1 N–H and O–H groups in total. The Morgan fingerprint density at radius 2 is 2.15 bits per heavy atom. The lowest BCUT2D eigenvalue weighted by molar-refractivity contribution is -0.125. The Morgan fingerprint density at radius 3 is 3.00 bits per heavy atom. The number of amides is 1. The molecule has 1 aromatic carbocycles. The first-order valence-electron chi connectivity index (χ1n) is 9.17. The third-order valence-electron chi connectivity index (χ3n) is 4.86. The van der Waals surface area contributed by atoms with Crippen molar-refractivity contribution in [2.24, 2.45) is 5.92 Å². The van der Waals surface area contributed by atoms with E-state index in [2.05, 4.69) is 20.2 Å². The first-order chi connectivity index (χ1) is 13.2. The minimum absolute atomic E-state index is 0.0417. The molecule has 1 unspecified atom stereocenters. The molecule has 1 aliphatic rings. The maximum Gasteiger partial charge on any atom is 0.224 e. The summed E-state index contributed by atoms with van der Waals surface area (Å²) < 4.78 is 14.2. The van der Waals surface area contributed by atoms with Crippen molar-refractivity contribution in [3.05, 3.63) is 54.1 Å². The summed E-state index contributed by atoms with van der Waals surface area (Å²) in [7, 11) is 0. The van der Waals surface area contributed by atoms with E-state index in [0.717, 1.165) is 46.7 Å². The van der Waals surface area contributed by atoms with Gasteiger partial charge in [0.05, 0.1) is 16.1 Å². The van der Waals surface area contributed by atoms with Crippen LogP contribution in [0.2, 0.25) is 0 Å². The number of rotatable bonds is 5. The van der Waals surface area contributed by atoms with Gasteiger partial charge in [-0.2, -0.15) is 0 Å². The lowest BCUT2D eigenvalue weighted by Crippen LogP contribution is -2.43. The Labute approximate surface area is 161 Å². The quantitative estimate of drug-likeness (QED) is 0.732. The average Bonchev–Trinajstić information content (AvgIpc) is 3.12. The predicted octanol–water partition coefficient (Wildman–Crippen LogP) is 3.41. The molecule has 4 rings (SSSR count). The van der Waals surface area contributed by atoms with Crippen LogP contribution >= 0.6 is 11.3 Å². The standard InChI is InChI=1S/C20H21FN4OS/c21-16-3-4-17-18(12-16)27-20(24-17)25-11-1-2-15(13-25)19(26)23-10-7-14-5-8-22-9-6-14/h3-6,8-9,12,15H,1-2,7,10-11,13H2,(H,23,26). The monoisotopic (exact) mass is 384 g/mol. The highest BCUT2D eigenvalue weighted by Gasteiger charge is 2.27. The molecule has 27 heavy (non-hydrogen) atoms. The van der Waals surface area contributed by atoms with E-state index in [-0.39, 0.29) is 17.6 Å². The molecule has 5 nitrogen and oxygen atoms in total. The molecule has 0 radical (unpaired) electrons. The zero-order chi connectivity index (χ0) is 18.6. The molecule has 7 heteroatoms. The maximum atomic E-state index is 13.4. The van der Waals surface area contributed by atoms with Crippen LogP contribution in [0.15, 0.2) is 42.7 Å². The summed E-state index contributed by atoms with van der Waals surface area (Å²) in [5, 5.41) is 3.92. The third kappa shape index (κ3) is 4.24. The number of halogens is 1. The van der Waals surface area contributed by atoms with Crippen LogP contribution < -0.4 is 10.2 Å². The number of hydrogen-bond acceptors (Lipinski definition) is 5. The lowest BCUT2D eigenvalue weighted by Gasteiger charge is -2.31. The topological polar surface area (TPSA) is 58.1 Å². The number of nitrogens with one attached hydrogen (secondary N) is 1. The largest absolute Gasteiger partial charge is 0.355 e. The van der Waals surface area contributed by atoms with Gasteiger partial charge in [0, 0.05) is 32.0 Å². The summed E-state index contributed by atoms with van der Waals surface area (Å²) in [4.78, 5) is 23.3. The van der Waals surface area contributed by atoms with Crippen LogP contribution in [0.5, 0.6) is 0 Å². The third-order valence-corrected chi connectivity index (χ3v) is 5.94. The number of pyridine rings is 1. The fraction of sp³-hybridized carbons (Fsp3) is 0.350. The summed E-state index contributed by atoms with van der Waals surface area (Å²) in [6.45, 7) is 2.16. The number of aromatic nitrogens is 2. The molecule has 0 aliphatic carbocycles. The molecule has 0 saturated carbocycles. The van der Waals surface area contributed by atoms with Crippen molar-refractivity contribution >= 4 is 32.6 Å². The van der Waals surface area contributed by atoms with E-state index in [0.29, 0.717) is 13.1 Å². The Balaban J connectivity index is 1.36. The Bertz CT molecular complexity index is 930. The number of piperidine rings is 1. The number of anilines is 1. The Kier molecular flexibility index (Phi) is 5.29. The number of fused-ring (bicyclic) bond motifs is 1. The van der Waals surface area contributed by atoms with Crippen LogP contribution in [0.4, 0.5) is 9.52 Å². The highest BCUT2D eigenvalue weighted by molar-refractivity contribution is 7.22. The predicted molar refractivity (Wildman–Crippen MR) is 105 cm³/mol. The van der Waals surface area contributed by atoms with E-state index in [1.807, 2.05) is 12.1 Å². The van der Waals surface area contributed by atoms with E-state index < -0.39 is 0 Å². The van der Waals surface area contributed by atoms with Crippen LogP contribution in [-0.4, -0.2) is 35.5 Å². The molecule has 2 aromatic heterocycles. The highest BCUT2D eigenvalue weighted by atomic mass is 32.1. The molecule has 3 heterocycles. The van der Waals surface area contributed by atoms with Crippen LogP contribution in [0.3, 0.4) is 0 Å². The average molecular weight is 384 g/mol. The molecule has 1 fully saturated rings. The van der Waals surface area contributed by atoms with E-state index in [1.165, 1.54) is 23.5 Å². The smallest absolute Gasteiger partial charge is 0.224 e. The van der Waals surface area contributed by atoms with Gasteiger partial charge in [0.25, 0.3) is 0 Å². The molecule has 1 saturated heterocycles. The summed E-state index contributed by atoms with van der Waals surface area (Å²) in [5.74, 6) is -0.191. The molecule has 0 bridgehead atoms. The SMILES string of the molecule is O=C(NCCc1ccncc1)C1CCCN(c2nc3ccc(F)cc3s2)C1. The van der Waals surface area contributed by atoms with E-state index >= 15 is 0 Å². The van der Waals surface area contributed by atoms with Crippen molar-refractivity contribution < 1.29 is 9.18 Å². The highest BCUT2D eigenvalue weighted by Crippen LogP contribution is 2.32. The number of carbonyl (C=O) groups excluding carboxylic acids is 1. The minimum Gasteiger partial charge on any atom is -0.355 e. The second-order valence-corrected chi connectivity index (χ2v) is 7.80. The van der Waals surface area contributed by atoms with Gasteiger partial charge in [-0.25, -0.2) is 9.37 Å². The maximum absolute atomic E-state index is 13.4. The van der Waals surface area contributed by atoms with Gasteiger partial charge in [-0.15, -0.1) is 0 Å². The van der Waals surface area contributed by atoms with E-state index in [9.17, 15) is 9.18 Å².